The summed E-state index contributed by atoms with van der Waals surface area (Å²) in [6.45, 7) is 7.43. The normalized spacial score (nSPS) is 10.6. The molecule has 0 aliphatic carbocycles. The number of thiol groups is 1. The van der Waals surface area contributed by atoms with Gasteiger partial charge >= 0.3 is 75.5 Å². The van der Waals surface area contributed by atoms with Gasteiger partial charge in [0, 0.05) is 0 Å². The molecule has 192 valence electrons. The molecule has 0 N–H and O–H groups in total. The average Bonchev–Trinajstić information content (AvgIpc) is 2.81. The molecule has 32 heavy (non-hydrogen) atoms. The van der Waals surface area contributed by atoms with E-state index >= 15 is 0 Å². The number of carbonyl (C=O) groups excluding carboxylic acids is 1. The zero-order chi connectivity index (χ0) is 24.0. The second kappa shape index (κ2) is 33.8. The Morgan fingerprint density at radius 1 is 0.562 bits per heavy atom. The predicted octanol–water partition coefficient (Wildman–Crippen LogP) is 9.85. The van der Waals surface area contributed by atoms with E-state index in [4.69, 9.17) is 4.74 Å². The van der Waals surface area contributed by atoms with E-state index in [2.05, 4.69) is 33.4 Å². The third-order valence-electron chi connectivity index (χ3n) is 5.80. The van der Waals surface area contributed by atoms with Crippen LogP contribution in [0.4, 0.5) is 0 Å². The Morgan fingerprint density at radius 3 is 1.25 bits per heavy atom. The predicted molar refractivity (Wildman–Crippen MR) is 150 cm³/mol. The van der Waals surface area contributed by atoms with E-state index < -0.39 is 0 Å². The van der Waals surface area contributed by atoms with Crippen LogP contribution in [0.1, 0.15) is 149 Å². The van der Waals surface area contributed by atoms with Gasteiger partial charge in [-0.2, -0.15) is 12.6 Å². The summed E-state index contributed by atoms with van der Waals surface area (Å²) in [6, 6.07) is 0. The van der Waals surface area contributed by atoms with Gasteiger partial charge < -0.3 is 4.74 Å². The summed E-state index contributed by atoms with van der Waals surface area (Å²) < 4.78 is 8.24. The van der Waals surface area contributed by atoms with Gasteiger partial charge in [0.2, 0.25) is 0 Å². The number of rotatable bonds is 24. The molecule has 0 saturated carbocycles. The molecule has 0 aromatic heterocycles. The molecule has 0 fully saturated rings. The molecular formula is C28H58O2SSn. The van der Waals surface area contributed by atoms with E-state index in [1.807, 2.05) is 0 Å². The minimum absolute atomic E-state index is 0.149. The second-order valence-electron chi connectivity index (χ2n) is 9.14. The molecule has 0 aromatic rings. The van der Waals surface area contributed by atoms with Crippen LogP contribution in [-0.2, 0) is 9.53 Å². The van der Waals surface area contributed by atoms with Gasteiger partial charge in [0.15, 0.2) is 0 Å². The van der Waals surface area contributed by atoms with E-state index in [0.717, 1.165) is 6.42 Å². The molecular weight excluding hydrogens is 519 g/mol. The van der Waals surface area contributed by atoms with Crippen molar-refractivity contribution in [1.29, 1.82) is 0 Å². The Bertz CT molecular complexity index is 333. The van der Waals surface area contributed by atoms with Gasteiger partial charge in [-0.25, -0.2) is 0 Å². The molecule has 0 saturated heterocycles. The van der Waals surface area contributed by atoms with Crippen LogP contribution >= 0.6 is 12.6 Å². The molecule has 4 heteroatoms. The number of hydrogen-bond acceptors (Lipinski definition) is 3. The van der Waals surface area contributed by atoms with Crippen LogP contribution in [0.15, 0.2) is 0 Å². The molecule has 0 unspecified atom stereocenters. The number of carbonyl (C=O) groups is 1. The topological polar surface area (TPSA) is 26.3 Å². The molecule has 2 nitrogen and oxygen atoms in total. The summed E-state index contributed by atoms with van der Waals surface area (Å²) in [5.74, 6) is -0.00642. The van der Waals surface area contributed by atoms with E-state index in [0.29, 0.717) is 6.61 Å². The van der Waals surface area contributed by atoms with E-state index in [-0.39, 0.29) is 32.9 Å². The second-order valence-corrected chi connectivity index (χ2v) is 13.7. The summed E-state index contributed by atoms with van der Waals surface area (Å²) in [5.41, 5.74) is 0. The van der Waals surface area contributed by atoms with Crippen molar-refractivity contribution in [3.8, 4) is 0 Å². The van der Waals surface area contributed by atoms with Crippen molar-refractivity contribution < 1.29 is 9.53 Å². The zero-order valence-corrected chi connectivity index (χ0v) is 26.0. The summed E-state index contributed by atoms with van der Waals surface area (Å²) in [6.07, 6.45) is 27.6. The van der Waals surface area contributed by atoms with Crippen LogP contribution in [0.5, 0.6) is 0 Å². The van der Waals surface area contributed by atoms with Crippen LogP contribution in [0.25, 0.3) is 0 Å². The van der Waals surface area contributed by atoms with Crippen LogP contribution in [0, 0.1) is 0 Å². The monoisotopic (exact) mass is 578 g/mol. The number of esters is 1. The summed E-state index contributed by atoms with van der Waals surface area (Å²) in [4.78, 5) is 10.9. The quantitative estimate of drug-likeness (QED) is 0.0535. The SMILES string of the molecule is CCCCCCCCCCCCCCCCCCOC(=O)CS.CCC[CH2][Sn][CH2]CCC. The van der Waals surface area contributed by atoms with Gasteiger partial charge in [-0.05, 0) is 6.42 Å². The number of unbranched alkanes of at least 4 members (excludes halogenated alkanes) is 17. The fraction of sp³-hybridized carbons (Fsp3) is 0.964. The maximum absolute atomic E-state index is 10.9. The Kier molecular flexibility index (Phi) is 36.7. The number of hydrogen-bond donors (Lipinski definition) is 1. The third-order valence-corrected chi connectivity index (χ3v) is 10.1. The molecule has 0 aliphatic rings. The molecule has 0 heterocycles. The average molecular weight is 578 g/mol. The van der Waals surface area contributed by atoms with Gasteiger partial charge in [0.05, 0.1) is 12.4 Å². The first-order valence-corrected chi connectivity index (χ1v) is 18.9. The van der Waals surface area contributed by atoms with Crippen molar-refractivity contribution >= 4 is 39.7 Å². The van der Waals surface area contributed by atoms with E-state index in [1.54, 1.807) is 8.87 Å². The van der Waals surface area contributed by atoms with Gasteiger partial charge in [-0.1, -0.05) is 103 Å². The molecule has 0 atom stereocenters. The van der Waals surface area contributed by atoms with Crippen molar-refractivity contribution in [3.63, 3.8) is 0 Å². The molecule has 0 amide bonds. The van der Waals surface area contributed by atoms with E-state index in [9.17, 15) is 4.79 Å². The van der Waals surface area contributed by atoms with Crippen LogP contribution in [0.2, 0.25) is 8.87 Å². The zero-order valence-electron chi connectivity index (χ0n) is 22.2. The molecule has 2 radical (unpaired) electrons. The Labute approximate surface area is 218 Å². The van der Waals surface area contributed by atoms with Crippen molar-refractivity contribution in [2.24, 2.45) is 0 Å². The van der Waals surface area contributed by atoms with Gasteiger partial charge in [-0.15, -0.1) is 0 Å². The van der Waals surface area contributed by atoms with Crippen LogP contribution in [-0.4, -0.2) is 39.5 Å². The molecule has 0 aliphatic heterocycles. The fourth-order valence-corrected chi connectivity index (χ4v) is 7.86. The standard InChI is InChI=1S/C20H40O2S.2C4H9.Sn/c1-2-3-4-5-6-7-8-9-10-11-12-13-14-15-16-17-18-22-20(21)19-23;2*1-3-4-2;/h23H,2-19H2,1H3;2*1,3-4H2,2H3;. The van der Waals surface area contributed by atoms with Crippen LogP contribution in [0.3, 0.4) is 0 Å². The maximum atomic E-state index is 10.9. The van der Waals surface area contributed by atoms with Gasteiger partial charge in [-0.3, -0.25) is 4.79 Å². The fourth-order valence-electron chi connectivity index (χ4n) is 3.61. The first-order chi connectivity index (χ1) is 15.7. The molecule has 0 rings (SSSR count). The van der Waals surface area contributed by atoms with E-state index in [1.165, 1.54) is 122 Å². The molecule has 0 spiro atoms. The van der Waals surface area contributed by atoms with Crippen LogP contribution < -0.4 is 0 Å². The van der Waals surface area contributed by atoms with Gasteiger partial charge in [0.1, 0.15) is 0 Å². The van der Waals surface area contributed by atoms with Crippen molar-refractivity contribution in [1.82, 2.24) is 0 Å². The first-order valence-electron chi connectivity index (χ1n) is 14.2. The Morgan fingerprint density at radius 2 is 0.906 bits per heavy atom. The third kappa shape index (κ3) is 35.2. The van der Waals surface area contributed by atoms with Crippen molar-refractivity contribution in [2.45, 2.75) is 158 Å². The first kappa shape index (κ1) is 34.8. The summed E-state index contributed by atoms with van der Waals surface area (Å²) in [5, 5.41) is 0. The molecule has 0 bridgehead atoms. The van der Waals surface area contributed by atoms with Gasteiger partial charge in [0.25, 0.3) is 0 Å². The van der Waals surface area contributed by atoms with Crippen molar-refractivity contribution in [2.75, 3.05) is 12.4 Å². The minimum atomic E-state index is -0.200. The Balaban J connectivity index is 0. The summed E-state index contributed by atoms with van der Waals surface area (Å²) in [7, 11) is 0. The molecule has 0 aromatic carbocycles. The Hall–Kier alpha value is 0.619. The van der Waals surface area contributed by atoms with Crippen molar-refractivity contribution in [3.05, 3.63) is 0 Å². The number of ether oxygens (including phenoxy) is 1. The summed E-state index contributed by atoms with van der Waals surface area (Å²) >= 11 is 4.03.